The van der Waals surface area contributed by atoms with Gasteiger partial charge in [0.15, 0.2) is 5.13 Å². The van der Waals surface area contributed by atoms with Crippen LogP contribution in [0.1, 0.15) is 30.5 Å². The minimum Gasteiger partial charge on any atom is -0.302 e. The van der Waals surface area contributed by atoms with Gasteiger partial charge in [-0.05, 0) is 56.3 Å². The van der Waals surface area contributed by atoms with Crippen molar-refractivity contribution in [1.82, 2.24) is 9.88 Å². The van der Waals surface area contributed by atoms with Gasteiger partial charge in [-0.25, -0.2) is 4.98 Å². The Kier molecular flexibility index (Phi) is 7.44. The Morgan fingerprint density at radius 3 is 2.52 bits per heavy atom. The number of halogens is 1. The number of anilines is 1. The van der Waals surface area contributed by atoms with Crippen LogP contribution >= 0.6 is 27.3 Å². The Morgan fingerprint density at radius 2 is 1.83 bits per heavy atom. The van der Waals surface area contributed by atoms with Gasteiger partial charge in [-0.2, -0.15) is 0 Å². The van der Waals surface area contributed by atoms with E-state index in [1.807, 2.05) is 17.0 Å². The number of rotatable bonds is 8. The van der Waals surface area contributed by atoms with Gasteiger partial charge >= 0.3 is 0 Å². The Bertz CT molecular complexity index is 997. The van der Waals surface area contributed by atoms with E-state index in [0.29, 0.717) is 13.0 Å². The number of benzene rings is 2. The van der Waals surface area contributed by atoms with E-state index < -0.39 is 0 Å². The molecule has 4 nitrogen and oxygen atoms in total. The number of carbonyl (C=O) groups is 1. The van der Waals surface area contributed by atoms with Gasteiger partial charge in [-0.15, -0.1) is 0 Å². The van der Waals surface area contributed by atoms with E-state index in [0.717, 1.165) is 50.6 Å². The van der Waals surface area contributed by atoms with Gasteiger partial charge in [0.1, 0.15) is 0 Å². The summed E-state index contributed by atoms with van der Waals surface area (Å²) in [5, 5.41) is 0.778. The lowest BCUT2D eigenvalue weighted by Gasteiger charge is -2.25. The van der Waals surface area contributed by atoms with Crippen molar-refractivity contribution in [3.05, 3.63) is 57.6 Å². The molecule has 1 amide bonds. The first-order valence-electron chi connectivity index (χ1n) is 10.1. The van der Waals surface area contributed by atoms with E-state index in [2.05, 4.69) is 72.8 Å². The molecular weight excluding hydrogens is 446 g/mol. The van der Waals surface area contributed by atoms with Crippen LogP contribution < -0.4 is 4.90 Å². The average Bonchev–Trinajstić information content (AvgIpc) is 3.10. The van der Waals surface area contributed by atoms with Crippen LogP contribution in [-0.2, 0) is 11.2 Å². The molecule has 0 saturated heterocycles. The molecule has 6 heteroatoms. The Labute approximate surface area is 185 Å². The highest BCUT2D eigenvalue weighted by atomic mass is 79.9. The summed E-state index contributed by atoms with van der Waals surface area (Å²) in [4.78, 5) is 22.3. The summed E-state index contributed by atoms with van der Waals surface area (Å²) in [6.45, 7) is 11.9. The molecule has 0 atom stereocenters. The molecule has 0 bridgehead atoms. The first kappa shape index (κ1) is 21.9. The van der Waals surface area contributed by atoms with Crippen LogP contribution in [0.3, 0.4) is 0 Å². The molecule has 3 aromatic rings. The maximum absolute atomic E-state index is 13.3. The molecule has 0 saturated carbocycles. The zero-order chi connectivity index (χ0) is 21.0. The monoisotopic (exact) mass is 473 g/mol. The van der Waals surface area contributed by atoms with Gasteiger partial charge in [-0.1, -0.05) is 64.9 Å². The van der Waals surface area contributed by atoms with Gasteiger partial charge in [0.2, 0.25) is 5.91 Å². The maximum Gasteiger partial charge on any atom is 0.233 e. The van der Waals surface area contributed by atoms with E-state index >= 15 is 0 Å². The van der Waals surface area contributed by atoms with Crippen molar-refractivity contribution < 1.29 is 4.79 Å². The summed E-state index contributed by atoms with van der Waals surface area (Å²) in [5.74, 6) is 0.0993. The third kappa shape index (κ3) is 5.44. The maximum atomic E-state index is 13.3. The predicted octanol–water partition coefficient (Wildman–Crippen LogP) is 5.59. The molecule has 3 rings (SSSR count). The second kappa shape index (κ2) is 9.83. The number of hydrogen-bond donors (Lipinski definition) is 0. The minimum absolute atomic E-state index is 0.0993. The summed E-state index contributed by atoms with van der Waals surface area (Å²) >= 11 is 5.10. The van der Waals surface area contributed by atoms with Crippen LogP contribution in [0, 0.1) is 13.8 Å². The van der Waals surface area contributed by atoms with Crippen LogP contribution in [0.5, 0.6) is 0 Å². The van der Waals surface area contributed by atoms with Gasteiger partial charge < -0.3 is 4.90 Å². The Morgan fingerprint density at radius 1 is 1.07 bits per heavy atom. The standard InChI is InChI=1S/C23H28BrN3OS/c1-5-26(6-2)11-12-27(22(28)14-18-8-7-16(3)13-17(18)4)23-25-20-10-9-19(24)15-21(20)29-23/h7-10,13,15H,5-6,11-12,14H2,1-4H3. The number of aryl methyl sites for hydroxylation is 2. The summed E-state index contributed by atoms with van der Waals surface area (Å²) in [6, 6.07) is 12.3. The number of hydrogen-bond acceptors (Lipinski definition) is 4. The minimum atomic E-state index is 0.0993. The van der Waals surface area contributed by atoms with Gasteiger partial charge in [0.05, 0.1) is 16.6 Å². The third-order valence-corrected chi connectivity index (χ3v) is 6.78. The fraction of sp³-hybridized carbons (Fsp3) is 0.391. The fourth-order valence-corrected chi connectivity index (χ4v) is 4.97. The van der Waals surface area contributed by atoms with Crippen LogP contribution in [0.2, 0.25) is 0 Å². The number of aromatic nitrogens is 1. The molecular formula is C23H28BrN3OS. The van der Waals surface area contributed by atoms with Gasteiger partial charge in [0.25, 0.3) is 0 Å². The predicted molar refractivity (Wildman–Crippen MR) is 127 cm³/mol. The molecule has 2 aromatic carbocycles. The zero-order valence-electron chi connectivity index (χ0n) is 17.5. The first-order valence-corrected chi connectivity index (χ1v) is 11.7. The summed E-state index contributed by atoms with van der Waals surface area (Å²) < 4.78 is 2.11. The molecule has 154 valence electrons. The lowest BCUT2D eigenvalue weighted by Crippen LogP contribution is -2.39. The van der Waals surface area contributed by atoms with E-state index in [1.165, 1.54) is 5.56 Å². The smallest absolute Gasteiger partial charge is 0.233 e. The van der Waals surface area contributed by atoms with Crippen LogP contribution in [0.4, 0.5) is 5.13 Å². The lowest BCUT2D eigenvalue weighted by molar-refractivity contribution is -0.118. The number of thiazole rings is 1. The lowest BCUT2D eigenvalue weighted by atomic mass is 10.0. The summed E-state index contributed by atoms with van der Waals surface area (Å²) in [6.07, 6.45) is 0.393. The third-order valence-electron chi connectivity index (χ3n) is 5.25. The molecule has 29 heavy (non-hydrogen) atoms. The second-order valence-corrected chi connectivity index (χ2v) is 9.21. The van der Waals surface area contributed by atoms with Crippen molar-refractivity contribution in [2.24, 2.45) is 0 Å². The number of carbonyl (C=O) groups excluding carboxylic acids is 1. The number of nitrogens with zero attached hydrogens (tertiary/aromatic N) is 3. The van der Waals surface area contributed by atoms with Gasteiger partial charge in [0, 0.05) is 17.6 Å². The Balaban J connectivity index is 1.89. The molecule has 0 fully saturated rings. The van der Waals surface area contributed by atoms with Crippen molar-refractivity contribution in [2.75, 3.05) is 31.1 Å². The first-order chi connectivity index (χ1) is 13.9. The van der Waals surface area contributed by atoms with Crippen LogP contribution in [0.15, 0.2) is 40.9 Å². The highest BCUT2D eigenvalue weighted by Crippen LogP contribution is 2.31. The molecule has 0 aliphatic rings. The quantitative estimate of drug-likeness (QED) is 0.427. The van der Waals surface area contributed by atoms with Crippen molar-refractivity contribution in [2.45, 2.75) is 34.1 Å². The van der Waals surface area contributed by atoms with E-state index in [1.54, 1.807) is 11.3 Å². The highest BCUT2D eigenvalue weighted by Gasteiger charge is 2.21. The number of likely N-dealkylation sites (N-methyl/N-ethyl adjacent to an activating group) is 1. The molecule has 1 heterocycles. The summed E-state index contributed by atoms with van der Waals surface area (Å²) in [7, 11) is 0. The molecule has 1 aromatic heterocycles. The topological polar surface area (TPSA) is 36.4 Å². The van der Waals surface area contributed by atoms with Gasteiger partial charge in [-0.3, -0.25) is 9.69 Å². The molecule has 0 unspecified atom stereocenters. The average molecular weight is 474 g/mol. The largest absolute Gasteiger partial charge is 0.302 e. The molecule has 0 N–H and O–H groups in total. The SMILES string of the molecule is CCN(CC)CCN(C(=O)Cc1ccc(C)cc1C)c1nc2ccc(Br)cc2s1. The normalized spacial score (nSPS) is 11.4. The van der Waals surface area contributed by atoms with E-state index in [-0.39, 0.29) is 5.91 Å². The molecule has 0 radical (unpaired) electrons. The van der Waals surface area contributed by atoms with Crippen molar-refractivity contribution in [3.8, 4) is 0 Å². The highest BCUT2D eigenvalue weighted by molar-refractivity contribution is 9.10. The van der Waals surface area contributed by atoms with Crippen LogP contribution in [0.25, 0.3) is 10.2 Å². The number of amides is 1. The summed E-state index contributed by atoms with van der Waals surface area (Å²) in [5.41, 5.74) is 4.39. The van der Waals surface area contributed by atoms with E-state index in [9.17, 15) is 4.79 Å². The van der Waals surface area contributed by atoms with Crippen LogP contribution in [-0.4, -0.2) is 42.0 Å². The molecule has 0 spiro atoms. The zero-order valence-corrected chi connectivity index (χ0v) is 19.9. The number of fused-ring (bicyclic) bond motifs is 1. The molecule has 0 aliphatic carbocycles. The Hall–Kier alpha value is -1.76. The van der Waals surface area contributed by atoms with E-state index in [4.69, 9.17) is 4.98 Å². The fourth-order valence-electron chi connectivity index (χ4n) is 3.41. The second-order valence-electron chi connectivity index (χ2n) is 7.29. The molecule has 0 aliphatic heterocycles. The van der Waals surface area contributed by atoms with Crippen molar-refractivity contribution in [1.29, 1.82) is 0 Å². The van der Waals surface area contributed by atoms with Crippen molar-refractivity contribution in [3.63, 3.8) is 0 Å². The van der Waals surface area contributed by atoms with Crippen molar-refractivity contribution >= 4 is 48.5 Å².